The molecule has 9 heteroatoms. The second-order valence-electron chi connectivity index (χ2n) is 11.0. The number of hydrogen-bond acceptors (Lipinski definition) is 4. The molecule has 3 atom stereocenters. The summed E-state index contributed by atoms with van der Waals surface area (Å²) in [5, 5.41) is 0. The van der Waals surface area contributed by atoms with Crippen molar-refractivity contribution in [1.29, 1.82) is 0 Å². The Balaban J connectivity index is 1.13. The van der Waals surface area contributed by atoms with Gasteiger partial charge in [0.25, 0.3) is 17.7 Å². The van der Waals surface area contributed by atoms with Crippen molar-refractivity contribution in [3.8, 4) is 0 Å². The molecule has 3 amide bonds. The van der Waals surface area contributed by atoms with Gasteiger partial charge in [-0.05, 0) is 79.5 Å². The van der Waals surface area contributed by atoms with Crippen LogP contribution in [0.5, 0.6) is 0 Å². The van der Waals surface area contributed by atoms with E-state index >= 15 is 0 Å². The van der Waals surface area contributed by atoms with Gasteiger partial charge in [-0.2, -0.15) is 0 Å². The first-order valence-corrected chi connectivity index (χ1v) is 13.5. The maximum absolute atomic E-state index is 14.2. The van der Waals surface area contributed by atoms with Crippen LogP contribution in [0, 0.1) is 23.4 Å². The van der Waals surface area contributed by atoms with E-state index in [-0.39, 0.29) is 54.3 Å². The van der Waals surface area contributed by atoms with Crippen LogP contribution in [0.2, 0.25) is 0 Å². The average Bonchev–Trinajstić information content (AvgIpc) is 3.35. The van der Waals surface area contributed by atoms with E-state index in [9.17, 15) is 27.6 Å². The number of amides is 3. The molecule has 3 aromatic rings. The van der Waals surface area contributed by atoms with Gasteiger partial charge in [-0.15, -0.1) is 0 Å². The molecule has 40 heavy (non-hydrogen) atoms. The Kier molecular flexibility index (Phi) is 6.70. The molecule has 3 aromatic carbocycles. The second-order valence-corrected chi connectivity index (χ2v) is 11.0. The topological polar surface area (TPSA) is 83.7 Å². The fraction of sp³-hybridized carbons (Fsp3) is 0.323. The summed E-state index contributed by atoms with van der Waals surface area (Å²) in [6.07, 6.45) is 3.02. The van der Waals surface area contributed by atoms with Gasteiger partial charge in [0, 0.05) is 29.8 Å². The van der Waals surface area contributed by atoms with Crippen LogP contribution >= 0.6 is 0 Å². The predicted octanol–water partition coefficient (Wildman–Crippen LogP) is 4.85. The summed E-state index contributed by atoms with van der Waals surface area (Å²) < 4.78 is 41.2. The lowest BCUT2D eigenvalue weighted by atomic mass is 9.82. The lowest BCUT2D eigenvalue weighted by Crippen LogP contribution is -2.50. The highest BCUT2D eigenvalue weighted by molar-refractivity contribution is 6.21. The van der Waals surface area contributed by atoms with Gasteiger partial charge < -0.3 is 10.6 Å². The Bertz CT molecular complexity index is 1480. The lowest BCUT2D eigenvalue weighted by Gasteiger charge is -2.41. The minimum atomic E-state index is -1.23. The molecule has 3 aliphatic rings. The van der Waals surface area contributed by atoms with Crippen molar-refractivity contribution in [3.63, 3.8) is 0 Å². The van der Waals surface area contributed by atoms with Gasteiger partial charge in [-0.3, -0.25) is 19.3 Å². The Morgan fingerprint density at radius 3 is 2.12 bits per heavy atom. The number of nitrogens with two attached hydrogens (primary N) is 1. The molecule has 0 radical (unpaired) electrons. The summed E-state index contributed by atoms with van der Waals surface area (Å²) in [7, 11) is 0. The quantitative estimate of drug-likeness (QED) is 0.353. The van der Waals surface area contributed by atoms with Gasteiger partial charge in [-0.25, -0.2) is 13.2 Å². The molecule has 3 aliphatic heterocycles. The van der Waals surface area contributed by atoms with Crippen molar-refractivity contribution in [2.24, 2.45) is 11.7 Å². The van der Waals surface area contributed by atoms with Gasteiger partial charge in [0.2, 0.25) is 0 Å². The molecule has 0 saturated carbocycles. The molecule has 3 unspecified atom stereocenters. The number of benzene rings is 3. The number of halogens is 3. The summed E-state index contributed by atoms with van der Waals surface area (Å²) in [5.41, 5.74) is 8.40. The molecule has 0 spiro atoms. The van der Waals surface area contributed by atoms with Crippen molar-refractivity contribution in [3.05, 3.63) is 106 Å². The van der Waals surface area contributed by atoms with Crippen molar-refractivity contribution in [2.45, 2.75) is 56.8 Å². The van der Waals surface area contributed by atoms with Crippen molar-refractivity contribution in [2.75, 3.05) is 0 Å². The minimum absolute atomic E-state index is 0.00854. The van der Waals surface area contributed by atoms with Crippen LogP contribution in [0.15, 0.2) is 60.7 Å². The molecule has 2 fully saturated rings. The van der Waals surface area contributed by atoms with E-state index in [1.807, 2.05) is 4.90 Å². The number of piperidine rings is 1. The molecule has 2 N–H and O–H groups in total. The number of carbonyl (C=O) groups is 3. The number of nitrogens with zero attached hydrogens (tertiary/aromatic N) is 2. The zero-order valence-corrected chi connectivity index (χ0v) is 21.7. The molecule has 2 saturated heterocycles. The average molecular weight is 548 g/mol. The van der Waals surface area contributed by atoms with Gasteiger partial charge in [0.1, 0.15) is 5.82 Å². The molecule has 6 nitrogen and oxygen atoms in total. The van der Waals surface area contributed by atoms with E-state index in [0.29, 0.717) is 41.2 Å². The minimum Gasteiger partial charge on any atom is -0.333 e. The maximum atomic E-state index is 14.2. The zero-order chi connectivity index (χ0) is 28.1. The third-order valence-corrected chi connectivity index (χ3v) is 8.55. The Hall–Kier alpha value is -3.98. The third-order valence-electron chi connectivity index (χ3n) is 8.55. The first-order chi connectivity index (χ1) is 19.2. The molecule has 0 aromatic heterocycles. The molecular formula is C31H28F3N3O3. The number of fused-ring (bicyclic) bond motifs is 3. The van der Waals surface area contributed by atoms with Crippen molar-refractivity contribution >= 4 is 17.7 Å². The lowest BCUT2D eigenvalue weighted by molar-refractivity contribution is 0.0499. The van der Waals surface area contributed by atoms with Crippen LogP contribution in [0.1, 0.15) is 67.9 Å². The van der Waals surface area contributed by atoms with E-state index in [1.165, 1.54) is 4.90 Å². The van der Waals surface area contributed by atoms with E-state index in [0.717, 1.165) is 18.9 Å². The summed E-state index contributed by atoms with van der Waals surface area (Å²) in [4.78, 5) is 42.3. The van der Waals surface area contributed by atoms with Crippen LogP contribution in [-0.2, 0) is 13.0 Å². The van der Waals surface area contributed by atoms with Crippen molar-refractivity contribution in [1.82, 2.24) is 9.80 Å². The number of imide groups is 1. The highest BCUT2D eigenvalue weighted by atomic mass is 19.2. The smallest absolute Gasteiger partial charge is 0.261 e. The van der Waals surface area contributed by atoms with Gasteiger partial charge in [0.15, 0.2) is 11.6 Å². The summed E-state index contributed by atoms with van der Waals surface area (Å²) in [6.45, 7) is 0.0673. The number of rotatable bonds is 6. The van der Waals surface area contributed by atoms with Crippen LogP contribution < -0.4 is 5.73 Å². The van der Waals surface area contributed by atoms with Crippen LogP contribution in [0.3, 0.4) is 0 Å². The Morgan fingerprint density at radius 1 is 0.850 bits per heavy atom. The molecule has 3 heterocycles. The number of hydrogen-bond donors (Lipinski definition) is 1. The highest BCUT2D eigenvalue weighted by Gasteiger charge is 2.45. The van der Waals surface area contributed by atoms with E-state index in [1.54, 1.807) is 48.5 Å². The second kappa shape index (κ2) is 10.2. The highest BCUT2D eigenvalue weighted by Crippen LogP contribution is 2.41. The predicted molar refractivity (Wildman–Crippen MR) is 141 cm³/mol. The maximum Gasteiger partial charge on any atom is 0.261 e. The van der Waals surface area contributed by atoms with Gasteiger partial charge in [-0.1, -0.05) is 24.3 Å². The molecule has 0 aliphatic carbocycles. The molecule has 206 valence electrons. The van der Waals surface area contributed by atoms with Gasteiger partial charge >= 0.3 is 0 Å². The summed E-state index contributed by atoms with van der Waals surface area (Å²) in [5.74, 6) is -3.95. The van der Waals surface area contributed by atoms with E-state index in [4.69, 9.17) is 5.73 Å². The fourth-order valence-corrected chi connectivity index (χ4v) is 6.56. The SMILES string of the molecule is NC(Cc1cc(F)c(F)cc1F)C1CC2CCC(C1)N2C(=O)c1cccc(CN2C(=O)c3ccccc3C2=O)c1. The first kappa shape index (κ1) is 26.3. The molecular weight excluding hydrogens is 519 g/mol. The normalized spacial score (nSPS) is 22.6. The summed E-state index contributed by atoms with van der Waals surface area (Å²) in [6, 6.07) is 14.6. The summed E-state index contributed by atoms with van der Waals surface area (Å²) >= 11 is 0. The fourth-order valence-electron chi connectivity index (χ4n) is 6.56. The largest absolute Gasteiger partial charge is 0.333 e. The van der Waals surface area contributed by atoms with Crippen LogP contribution in [-0.4, -0.2) is 45.6 Å². The Labute approximate surface area is 229 Å². The molecule has 6 rings (SSSR count). The van der Waals surface area contributed by atoms with E-state index in [2.05, 4.69) is 0 Å². The number of carbonyl (C=O) groups excluding carboxylic acids is 3. The van der Waals surface area contributed by atoms with Gasteiger partial charge in [0.05, 0.1) is 17.7 Å². The first-order valence-electron chi connectivity index (χ1n) is 13.5. The molecule has 2 bridgehead atoms. The van der Waals surface area contributed by atoms with Crippen LogP contribution in [0.25, 0.3) is 0 Å². The zero-order valence-electron chi connectivity index (χ0n) is 21.7. The third kappa shape index (κ3) is 4.58. The van der Waals surface area contributed by atoms with Crippen LogP contribution in [0.4, 0.5) is 13.2 Å². The standard InChI is InChI=1S/C31H28F3N3O3/c32-25-15-27(34)26(33)13-19(25)14-28(35)20-11-21-8-9-22(12-20)37(21)29(38)18-5-3-4-17(10-18)16-36-30(39)23-6-1-2-7-24(23)31(36)40/h1-7,10,13,15,20-22,28H,8-9,11-12,14,16,35H2. The Morgan fingerprint density at radius 2 is 1.48 bits per heavy atom. The monoisotopic (exact) mass is 547 g/mol. The van der Waals surface area contributed by atoms with Crippen molar-refractivity contribution < 1.29 is 27.6 Å². The van der Waals surface area contributed by atoms with E-state index < -0.39 is 23.5 Å².